The fraction of sp³-hybridized carbons (Fsp3) is 0.188. The van der Waals surface area contributed by atoms with E-state index < -0.39 is 0 Å². The molecule has 110 valence electrons. The lowest BCUT2D eigenvalue weighted by molar-refractivity contribution is 0.301. The number of nitrogens with zero attached hydrogens (tertiary/aromatic N) is 1. The number of benzene rings is 2. The summed E-state index contributed by atoms with van der Waals surface area (Å²) in [6.07, 6.45) is 0. The molecule has 0 unspecified atom stereocenters. The average molecular weight is 365 g/mol. The Morgan fingerprint density at radius 2 is 1.90 bits per heavy atom. The molecule has 0 amide bonds. The Balaban J connectivity index is 2.37. The molecule has 2 aromatic rings. The van der Waals surface area contributed by atoms with Crippen LogP contribution in [0.15, 0.2) is 53.0 Å². The first-order valence-corrected chi connectivity index (χ1v) is 7.81. The van der Waals surface area contributed by atoms with E-state index in [1.807, 2.05) is 36.4 Å². The Morgan fingerprint density at radius 3 is 2.52 bits per heavy atom. The normalized spacial score (nSPS) is 10.4. The molecule has 0 fully saturated rings. The summed E-state index contributed by atoms with van der Waals surface area (Å²) in [7, 11) is 0. The van der Waals surface area contributed by atoms with Crippen molar-refractivity contribution >= 4 is 38.8 Å². The largest absolute Gasteiger partial charge is 0.395 e. The Morgan fingerprint density at radius 1 is 1.19 bits per heavy atom. The predicted molar refractivity (Wildman–Crippen MR) is 94.6 cm³/mol. The van der Waals surface area contributed by atoms with Gasteiger partial charge in [0.1, 0.15) is 4.99 Å². The Labute approximate surface area is 138 Å². The van der Waals surface area contributed by atoms with Crippen molar-refractivity contribution in [3.63, 3.8) is 0 Å². The van der Waals surface area contributed by atoms with Crippen LogP contribution >= 0.6 is 28.1 Å². The lowest BCUT2D eigenvalue weighted by atomic mass is 10.1. The lowest BCUT2D eigenvalue weighted by Crippen LogP contribution is -2.28. The number of hydrogen-bond acceptors (Lipinski definition) is 3. The van der Waals surface area contributed by atoms with Gasteiger partial charge in [0.15, 0.2) is 0 Å². The maximum atomic E-state index is 9.36. The van der Waals surface area contributed by atoms with Gasteiger partial charge >= 0.3 is 0 Å². The van der Waals surface area contributed by atoms with Gasteiger partial charge in [-0.05, 0) is 23.8 Å². The quantitative estimate of drug-likeness (QED) is 0.773. The third-order valence-electron chi connectivity index (χ3n) is 3.15. The fourth-order valence-corrected chi connectivity index (χ4v) is 2.71. The number of halogens is 1. The molecular formula is C16H17BrN2OS. The van der Waals surface area contributed by atoms with Crippen LogP contribution in [0.1, 0.15) is 11.1 Å². The average Bonchev–Trinajstić information content (AvgIpc) is 2.47. The van der Waals surface area contributed by atoms with Crippen LogP contribution in [0, 0.1) is 0 Å². The van der Waals surface area contributed by atoms with Crippen LogP contribution < -0.4 is 10.6 Å². The predicted octanol–water partition coefficient (Wildman–Crippen LogP) is 3.08. The SMILES string of the molecule is NC(=S)c1ccc(Br)cc1N(CCO)Cc1ccccc1. The molecule has 0 aliphatic carbocycles. The van der Waals surface area contributed by atoms with Crippen molar-refractivity contribution < 1.29 is 5.11 Å². The molecule has 5 heteroatoms. The van der Waals surface area contributed by atoms with Crippen LogP contribution in [0.5, 0.6) is 0 Å². The molecule has 2 aromatic carbocycles. The third kappa shape index (κ3) is 4.27. The van der Waals surface area contributed by atoms with Gasteiger partial charge in [-0.15, -0.1) is 0 Å². The highest BCUT2D eigenvalue weighted by Gasteiger charge is 2.14. The van der Waals surface area contributed by atoms with Crippen molar-refractivity contribution in [3.8, 4) is 0 Å². The number of anilines is 1. The van der Waals surface area contributed by atoms with Crippen molar-refractivity contribution in [3.05, 3.63) is 64.1 Å². The number of aliphatic hydroxyl groups excluding tert-OH is 1. The number of thiocarbonyl (C=S) groups is 1. The van der Waals surface area contributed by atoms with Gasteiger partial charge < -0.3 is 15.7 Å². The molecule has 3 nitrogen and oxygen atoms in total. The van der Waals surface area contributed by atoms with E-state index in [0.717, 1.165) is 15.7 Å². The van der Waals surface area contributed by atoms with Crippen molar-refractivity contribution in [2.24, 2.45) is 5.73 Å². The van der Waals surface area contributed by atoms with Crippen molar-refractivity contribution in [2.45, 2.75) is 6.54 Å². The monoisotopic (exact) mass is 364 g/mol. The van der Waals surface area contributed by atoms with E-state index in [4.69, 9.17) is 18.0 Å². The summed E-state index contributed by atoms with van der Waals surface area (Å²) in [6.45, 7) is 1.27. The molecule has 0 aliphatic heterocycles. The number of hydrogen-bond donors (Lipinski definition) is 2. The van der Waals surface area contributed by atoms with Crippen molar-refractivity contribution in [1.82, 2.24) is 0 Å². The molecule has 3 N–H and O–H groups in total. The van der Waals surface area contributed by atoms with Gasteiger partial charge in [0, 0.05) is 28.8 Å². The Kier molecular flexibility index (Phi) is 5.73. The van der Waals surface area contributed by atoms with Gasteiger partial charge in [0.25, 0.3) is 0 Å². The molecule has 0 saturated carbocycles. The van der Waals surface area contributed by atoms with E-state index in [0.29, 0.717) is 18.1 Å². The van der Waals surface area contributed by atoms with E-state index in [1.165, 1.54) is 5.56 Å². The van der Waals surface area contributed by atoms with E-state index >= 15 is 0 Å². The second-order valence-electron chi connectivity index (χ2n) is 4.66. The van der Waals surface area contributed by atoms with E-state index in [2.05, 4.69) is 33.0 Å². The topological polar surface area (TPSA) is 49.5 Å². The maximum Gasteiger partial charge on any atom is 0.106 e. The molecule has 0 radical (unpaired) electrons. The molecule has 0 heterocycles. The van der Waals surface area contributed by atoms with Gasteiger partial charge in [-0.25, -0.2) is 0 Å². The van der Waals surface area contributed by atoms with Crippen molar-refractivity contribution in [2.75, 3.05) is 18.1 Å². The van der Waals surface area contributed by atoms with Gasteiger partial charge in [-0.1, -0.05) is 58.5 Å². The highest BCUT2D eigenvalue weighted by atomic mass is 79.9. The highest BCUT2D eigenvalue weighted by Crippen LogP contribution is 2.26. The molecule has 2 rings (SSSR count). The van der Waals surface area contributed by atoms with Crippen LogP contribution in [0.4, 0.5) is 5.69 Å². The summed E-state index contributed by atoms with van der Waals surface area (Å²) in [5.74, 6) is 0. The minimum absolute atomic E-state index is 0.0656. The summed E-state index contributed by atoms with van der Waals surface area (Å²) < 4.78 is 0.952. The summed E-state index contributed by atoms with van der Waals surface area (Å²) in [5, 5.41) is 9.36. The lowest BCUT2D eigenvalue weighted by Gasteiger charge is -2.26. The Hall–Kier alpha value is -1.43. The molecule has 0 aliphatic rings. The van der Waals surface area contributed by atoms with Gasteiger partial charge in [0.05, 0.1) is 6.61 Å². The minimum Gasteiger partial charge on any atom is -0.395 e. The molecule has 21 heavy (non-hydrogen) atoms. The van der Waals surface area contributed by atoms with Crippen LogP contribution in [-0.2, 0) is 6.54 Å². The zero-order valence-electron chi connectivity index (χ0n) is 11.5. The number of nitrogens with two attached hydrogens (primary N) is 1. The summed E-state index contributed by atoms with van der Waals surface area (Å²) in [5.41, 5.74) is 8.73. The van der Waals surface area contributed by atoms with Gasteiger partial charge in [0.2, 0.25) is 0 Å². The van der Waals surface area contributed by atoms with Gasteiger partial charge in [-0.2, -0.15) is 0 Å². The first-order valence-electron chi connectivity index (χ1n) is 6.61. The zero-order chi connectivity index (χ0) is 15.2. The Bertz CT molecular complexity index is 619. The first-order chi connectivity index (χ1) is 10.1. The van der Waals surface area contributed by atoms with Crippen LogP contribution in [0.2, 0.25) is 0 Å². The zero-order valence-corrected chi connectivity index (χ0v) is 13.9. The molecule has 0 saturated heterocycles. The maximum absolute atomic E-state index is 9.36. The number of rotatable bonds is 6. The second kappa shape index (κ2) is 7.54. The summed E-state index contributed by atoms with van der Waals surface area (Å²) >= 11 is 8.61. The second-order valence-corrected chi connectivity index (χ2v) is 6.01. The van der Waals surface area contributed by atoms with E-state index in [9.17, 15) is 5.11 Å². The summed E-state index contributed by atoms with van der Waals surface area (Å²) in [6, 6.07) is 15.9. The number of aliphatic hydroxyl groups is 1. The molecule has 0 aromatic heterocycles. The molecule has 0 atom stereocenters. The van der Waals surface area contributed by atoms with Crippen LogP contribution in [0.25, 0.3) is 0 Å². The molecular weight excluding hydrogens is 348 g/mol. The summed E-state index contributed by atoms with van der Waals surface area (Å²) in [4.78, 5) is 2.43. The standard InChI is InChI=1S/C16H17BrN2OS/c17-13-6-7-14(16(18)21)15(10-13)19(8-9-20)11-12-4-2-1-3-5-12/h1-7,10,20H,8-9,11H2,(H2,18,21). The van der Waals surface area contributed by atoms with Crippen LogP contribution in [-0.4, -0.2) is 23.2 Å². The highest BCUT2D eigenvalue weighted by molar-refractivity contribution is 9.10. The molecule has 0 spiro atoms. The fourth-order valence-electron chi connectivity index (χ4n) is 2.18. The third-order valence-corrected chi connectivity index (χ3v) is 3.87. The first kappa shape index (κ1) is 15.9. The van der Waals surface area contributed by atoms with Crippen LogP contribution in [0.3, 0.4) is 0 Å². The molecule has 0 bridgehead atoms. The van der Waals surface area contributed by atoms with Crippen molar-refractivity contribution in [1.29, 1.82) is 0 Å². The van der Waals surface area contributed by atoms with Gasteiger partial charge in [-0.3, -0.25) is 0 Å². The van der Waals surface area contributed by atoms with E-state index in [-0.39, 0.29) is 6.61 Å². The smallest absolute Gasteiger partial charge is 0.106 e. The minimum atomic E-state index is 0.0656. The van der Waals surface area contributed by atoms with E-state index in [1.54, 1.807) is 0 Å².